The number of aliphatic hydroxyl groups excluding tert-OH is 1. The first-order valence-electron chi connectivity index (χ1n) is 6.13. The van der Waals surface area contributed by atoms with Crippen LogP contribution in [0.4, 0.5) is 5.82 Å². The largest absolute Gasteiger partial charge is 0.394 e. The lowest BCUT2D eigenvalue weighted by molar-refractivity contribution is 0.0994. The minimum Gasteiger partial charge on any atom is -0.394 e. The molecule has 0 bridgehead atoms. The minimum atomic E-state index is -0.690. The van der Waals surface area contributed by atoms with Gasteiger partial charge in [-0.3, -0.25) is 4.79 Å². The Morgan fingerprint density at radius 3 is 2.45 bits per heavy atom. The minimum absolute atomic E-state index is 0.0981. The molecule has 2 rings (SSSR count). The summed E-state index contributed by atoms with van der Waals surface area (Å²) < 4.78 is 0. The van der Waals surface area contributed by atoms with Crippen LogP contribution in [0.1, 0.15) is 23.0 Å². The molecule has 0 saturated carbocycles. The first-order chi connectivity index (χ1) is 9.55. The van der Waals surface area contributed by atoms with E-state index >= 15 is 0 Å². The van der Waals surface area contributed by atoms with Crippen LogP contribution in [0.2, 0.25) is 0 Å². The highest BCUT2D eigenvalue weighted by Gasteiger charge is 2.26. The Hall–Kier alpha value is -2.47. The maximum atomic E-state index is 10.9. The van der Waals surface area contributed by atoms with Crippen molar-refractivity contribution in [2.24, 2.45) is 5.73 Å². The van der Waals surface area contributed by atoms with E-state index in [9.17, 15) is 9.90 Å². The van der Waals surface area contributed by atoms with Crippen LogP contribution in [0.3, 0.4) is 0 Å². The number of nitrogens with two attached hydrogens (primary N) is 1. The van der Waals surface area contributed by atoms with Gasteiger partial charge in [0.2, 0.25) is 0 Å². The van der Waals surface area contributed by atoms with Crippen molar-refractivity contribution >= 4 is 11.7 Å². The standard InChI is InChI=1S/C14H16N4O2/c1-14(9-19,10-5-3-2-4-6-10)16-12-8-7-11(13(15)20)17-18-12/h2-8,19H,9H2,1H3,(H2,15,20)(H,16,18). The van der Waals surface area contributed by atoms with Gasteiger partial charge in [0.15, 0.2) is 5.69 Å². The third-order valence-electron chi connectivity index (χ3n) is 3.05. The van der Waals surface area contributed by atoms with Gasteiger partial charge in [-0.25, -0.2) is 0 Å². The first kappa shape index (κ1) is 14.0. The molecule has 1 aromatic heterocycles. The maximum Gasteiger partial charge on any atom is 0.269 e. The van der Waals surface area contributed by atoms with Gasteiger partial charge in [0, 0.05) is 0 Å². The maximum absolute atomic E-state index is 10.9. The quantitative estimate of drug-likeness (QED) is 0.750. The van der Waals surface area contributed by atoms with E-state index in [1.165, 1.54) is 6.07 Å². The fraction of sp³-hybridized carbons (Fsp3) is 0.214. The molecule has 4 N–H and O–H groups in total. The molecule has 0 aliphatic carbocycles. The van der Waals surface area contributed by atoms with Crippen LogP contribution in [-0.4, -0.2) is 27.8 Å². The summed E-state index contributed by atoms with van der Waals surface area (Å²) in [6.45, 7) is 1.74. The van der Waals surface area contributed by atoms with Gasteiger partial charge in [0.25, 0.3) is 5.91 Å². The highest BCUT2D eigenvalue weighted by atomic mass is 16.3. The smallest absolute Gasteiger partial charge is 0.269 e. The number of aromatic nitrogens is 2. The third-order valence-corrected chi connectivity index (χ3v) is 3.05. The van der Waals surface area contributed by atoms with Gasteiger partial charge in [0.05, 0.1) is 12.1 Å². The average Bonchev–Trinajstić information content (AvgIpc) is 2.48. The fourth-order valence-corrected chi connectivity index (χ4v) is 1.82. The van der Waals surface area contributed by atoms with Crippen molar-refractivity contribution in [3.05, 3.63) is 53.7 Å². The predicted molar refractivity (Wildman–Crippen MR) is 75.1 cm³/mol. The van der Waals surface area contributed by atoms with Crippen molar-refractivity contribution in [1.29, 1.82) is 0 Å². The second-order valence-electron chi connectivity index (χ2n) is 4.65. The average molecular weight is 272 g/mol. The summed E-state index contributed by atoms with van der Waals surface area (Å²) in [5.41, 5.74) is 5.43. The number of carbonyl (C=O) groups excluding carboxylic acids is 1. The van der Waals surface area contributed by atoms with Crippen molar-refractivity contribution in [2.75, 3.05) is 11.9 Å². The summed E-state index contributed by atoms with van der Waals surface area (Å²) in [6.07, 6.45) is 0. The molecule has 0 radical (unpaired) electrons. The molecular weight excluding hydrogens is 256 g/mol. The normalized spacial score (nSPS) is 13.5. The van der Waals surface area contributed by atoms with Crippen LogP contribution in [0.15, 0.2) is 42.5 Å². The molecule has 104 valence electrons. The topological polar surface area (TPSA) is 101 Å². The molecule has 20 heavy (non-hydrogen) atoms. The number of rotatable bonds is 5. The Bertz CT molecular complexity index is 586. The van der Waals surface area contributed by atoms with Crippen molar-refractivity contribution in [2.45, 2.75) is 12.5 Å². The van der Waals surface area contributed by atoms with Gasteiger partial charge in [0.1, 0.15) is 5.82 Å². The number of nitrogens with one attached hydrogen (secondary N) is 1. The second kappa shape index (κ2) is 5.66. The van der Waals surface area contributed by atoms with Gasteiger partial charge in [-0.15, -0.1) is 10.2 Å². The van der Waals surface area contributed by atoms with E-state index in [2.05, 4.69) is 15.5 Å². The van der Waals surface area contributed by atoms with E-state index in [0.29, 0.717) is 5.82 Å². The molecule has 0 fully saturated rings. The number of amides is 1. The van der Waals surface area contributed by atoms with Gasteiger partial charge in [-0.1, -0.05) is 30.3 Å². The van der Waals surface area contributed by atoms with Crippen molar-refractivity contribution in [3.63, 3.8) is 0 Å². The zero-order chi connectivity index (χ0) is 14.6. The number of benzene rings is 1. The molecule has 0 saturated heterocycles. The Kier molecular flexibility index (Phi) is 3.95. The molecule has 1 atom stereocenters. The Morgan fingerprint density at radius 2 is 1.95 bits per heavy atom. The predicted octanol–water partition coefficient (Wildman–Crippen LogP) is 0.895. The van der Waals surface area contributed by atoms with Crippen molar-refractivity contribution in [3.8, 4) is 0 Å². The van der Waals surface area contributed by atoms with E-state index in [0.717, 1.165) is 5.56 Å². The van der Waals surface area contributed by atoms with E-state index in [4.69, 9.17) is 5.73 Å². The number of nitrogens with zero attached hydrogens (tertiary/aromatic N) is 2. The molecule has 1 aromatic carbocycles. The van der Waals surface area contributed by atoms with Crippen LogP contribution in [-0.2, 0) is 5.54 Å². The van der Waals surface area contributed by atoms with Crippen LogP contribution in [0, 0.1) is 0 Å². The van der Waals surface area contributed by atoms with E-state index in [1.54, 1.807) is 6.07 Å². The molecule has 0 aliphatic heterocycles. The van der Waals surface area contributed by atoms with Crippen LogP contribution in [0.25, 0.3) is 0 Å². The second-order valence-corrected chi connectivity index (χ2v) is 4.65. The number of anilines is 1. The summed E-state index contributed by atoms with van der Waals surface area (Å²) in [7, 11) is 0. The third kappa shape index (κ3) is 2.92. The molecule has 6 nitrogen and oxygen atoms in total. The number of carbonyl (C=O) groups is 1. The Labute approximate surface area is 116 Å². The van der Waals surface area contributed by atoms with Crippen LogP contribution >= 0.6 is 0 Å². The van der Waals surface area contributed by atoms with Gasteiger partial charge in [-0.2, -0.15) is 0 Å². The van der Waals surface area contributed by atoms with E-state index < -0.39 is 11.4 Å². The summed E-state index contributed by atoms with van der Waals surface area (Å²) in [6, 6.07) is 12.6. The zero-order valence-electron chi connectivity index (χ0n) is 11.1. The Morgan fingerprint density at radius 1 is 1.25 bits per heavy atom. The molecule has 1 unspecified atom stereocenters. The van der Waals surface area contributed by atoms with Gasteiger partial charge < -0.3 is 16.2 Å². The summed E-state index contributed by atoms with van der Waals surface area (Å²) in [4.78, 5) is 10.9. The number of primary amides is 1. The number of hydrogen-bond acceptors (Lipinski definition) is 5. The molecule has 0 spiro atoms. The summed E-state index contributed by atoms with van der Waals surface area (Å²) in [5, 5.41) is 20.4. The molecular formula is C14H16N4O2. The van der Waals surface area contributed by atoms with Crippen molar-refractivity contribution < 1.29 is 9.90 Å². The van der Waals surface area contributed by atoms with Gasteiger partial charge >= 0.3 is 0 Å². The molecule has 2 aromatic rings. The lowest BCUT2D eigenvalue weighted by Crippen LogP contribution is -2.36. The van der Waals surface area contributed by atoms with Crippen LogP contribution < -0.4 is 11.1 Å². The first-order valence-corrected chi connectivity index (χ1v) is 6.13. The van der Waals surface area contributed by atoms with E-state index in [-0.39, 0.29) is 12.3 Å². The highest BCUT2D eigenvalue weighted by molar-refractivity contribution is 5.90. The molecule has 1 amide bonds. The van der Waals surface area contributed by atoms with Crippen LogP contribution in [0.5, 0.6) is 0 Å². The number of aliphatic hydroxyl groups is 1. The molecule has 1 heterocycles. The SMILES string of the molecule is CC(CO)(Nc1ccc(C(N)=O)nn1)c1ccccc1. The van der Waals surface area contributed by atoms with Gasteiger partial charge in [-0.05, 0) is 24.6 Å². The van der Waals surface area contributed by atoms with E-state index in [1.807, 2.05) is 37.3 Å². The zero-order valence-corrected chi connectivity index (χ0v) is 11.1. The fourth-order valence-electron chi connectivity index (χ4n) is 1.82. The highest BCUT2D eigenvalue weighted by Crippen LogP contribution is 2.24. The number of hydrogen-bond donors (Lipinski definition) is 3. The van der Waals surface area contributed by atoms with Crippen molar-refractivity contribution in [1.82, 2.24) is 10.2 Å². The summed E-state index contributed by atoms with van der Waals surface area (Å²) >= 11 is 0. The molecule has 6 heteroatoms. The monoisotopic (exact) mass is 272 g/mol. The molecule has 0 aliphatic rings. The summed E-state index contributed by atoms with van der Waals surface area (Å²) in [5.74, 6) is -0.174. The Balaban J connectivity index is 2.24. The lowest BCUT2D eigenvalue weighted by Gasteiger charge is -2.29. The lowest BCUT2D eigenvalue weighted by atomic mass is 9.93.